The molecule has 0 fully saturated rings. The molecule has 0 bridgehead atoms. The van der Waals surface area contributed by atoms with Gasteiger partial charge >= 0.3 is 12.3 Å². The number of pyridine rings is 1. The molecule has 0 saturated heterocycles. The lowest BCUT2D eigenvalue weighted by atomic mass is 10.2. The molecule has 1 heterocycles. The molecule has 106 valence electrons. The van der Waals surface area contributed by atoms with Crippen LogP contribution in [0.5, 0.6) is 5.75 Å². The summed E-state index contributed by atoms with van der Waals surface area (Å²) >= 11 is 0. The molecule has 0 aliphatic rings. The van der Waals surface area contributed by atoms with E-state index < -0.39 is 41.7 Å². The minimum atomic E-state index is -5.33. The van der Waals surface area contributed by atoms with Gasteiger partial charge in [-0.2, -0.15) is 4.39 Å². The second-order valence-corrected chi connectivity index (χ2v) is 3.05. The maximum absolute atomic E-state index is 13.2. The van der Waals surface area contributed by atoms with Crippen LogP contribution in [0, 0.1) is 5.95 Å². The first-order valence-corrected chi connectivity index (χ1v) is 4.48. The minimum Gasteiger partial charge on any atom is -0.464 e. The summed E-state index contributed by atoms with van der Waals surface area (Å²) in [5.74, 6) is -4.79. The number of hydrogen-bond acceptors (Lipinski definition) is 4. The van der Waals surface area contributed by atoms with E-state index in [-0.39, 0.29) is 6.07 Å². The van der Waals surface area contributed by atoms with Crippen molar-refractivity contribution in [2.75, 3.05) is 7.11 Å². The van der Waals surface area contributed by atoms with Gasteiger partial charge in [0.1, 0.15) is 11.3 Å². The molecule has 0 spiro atoms. The van der Waals surface area contributed by atoms with Crippen molar-refractivity contribution in [1.82, 2.24) is 4.98 Å². The number of aromatic nitrogens is 1. The van der Waals surface area contributed by atoms with Gasteiger partial charge in [0.15, 0.2) is 5.69 Å². The number of alkyl halides is 5. The molecule has 10 heteroatoms. The third-order valence-corrected chi connectivity index (χ3v) is 1.81. The Morgan fingerprint density at radius 1 is 1.37 bits per heavy atom. The lowest BCUT2D eigenvalue weighted by molar-refractivity contribution is -0.275. The predicted octanol–water partition coefficient (Wildman–Crippen LogP) is 2.84. The molecule has 0 N–H and O–H groups in total. The Kier molecular flexibility index (Phi) is 4.22. The fourth-order valence-electron chi connectivity index (χ4n) is 1.12. The summed E-state index contributed by atoms with van der Waals surface area (Å²) in [6, 6.07) is 0.226. The number of carbonyl (C=O) groups is 1. The highest BCUT2D eigenvalue weighted by Crippen LogP contribution is 2.34. The normalized spacial score (nSPS) is 11.6. The van der Waals surface area contributed by atoms with E-state index in [9.17, 15) is 31.1 Å². The summed E-state index contributed by atoms with van der Waals surface area (Å²) in [7, 11) is 0.854. The summed E-state index contributed by atoms with van der Waals surface area (Å²) in [6.45, 7) is 0. The van der Waals surface area contributed by atoms with Crippen LogP contribution in [0.3, 0.4) is 0 Å². The van der Waals surface area contributed by atoms with Gasteiger partial charge in [-0.25, -0.2) is 18.6 Å². The Hall–Kier alpha value is -2.00. The van der Waals surface area contributed by atoms with Crippen LogP contribution in [-0.2, 0) is 4.74 Å². The SMILES string of the molecule is COC(=O)c1cc(OC(F)(F)F)c(C(F)F)c(F)n1. The molecule has 0 saturated carbocycles. The van der Waals surface area contributed by atoms with E-state index in [0.717, 1.165) is 7.11 Å². The molecule has 4 nitrogen and oxygen atoms in total. The van der Waals surface area contributed by atoms with Gasteiger partial charge < -0.3 is 9.47 Å². The van der Waals surface area contributed by atoms with Gasteiger partial charge in [-0.3, -0.25) is 0 Å². The van der Waals surface area contributed by atoms with Crippen molar-refractivity contribution in [3.63, 3.8) is 0 Å². The van der Waals surface area contributed by atoms with Crippen LogP contribution in [0.1, 0.15) is 22.5 Å². The van der Waals surface area contributed by atoms with Crippen molar-refractivity contribution in [1.29, 1.82) is 0 Å². The number of esters is 1. The molecular weight excluding hydrogens is 284 g/mol. The highest BCUT2D eigenvalue weighted by molar-refractivity contribution is 5.87. The van der Waals surface area contributed by atoms with E-state index in [1.165, 1.54) is 0 Å². The quantitative estimate of drug-likeness (QED) is 0.488. The van der Waals surface area contributed by atoms with E-state index >= 15 is 0 Å². The van der Waals surface area contributed by atoms with Crippen molar-refractivity contribution in [3.8, 4) is 5.75 Å². The first-order valence-electron chi connectivity index (χ1n) is 4.48. The molecule has 1 rings (SSSR count). The van der Waals surface area contributed by atoms with Gasteiger partial charge in [0.2, 0.25) is 5.95 Å². The summed E-state index contributed by atoms with van der Waals surface area (Å²) < 4.78 is 81.4. The molecule has 0 unspecified atom stereocenters. The maximum Gasteiger partial charge on any atom is 0.573 e. The highest BCUT2D eigenvalue weighted by atomic mass is 19.4. The molecular formula is C9H5F6NO3. The zero-order valence-corrected chi connectivity index (χ0v) is 9.09. The van der Waals surface area contributed by atoms with E-state index in [2.05, 4.69) is 14.5 Å². The molecule has 0 aliphatic carbocycles. The first-order chi connectivity index (χ1) is 8.65. The smallest absolute Gasteiger partial charge is 0.464 e. The Bertz CT molecular complexity index is 488. The van der Waals surface area contributed by atoms with Gasteiger partial charge in [-0.1, -0.05) is 0 Å². The van der Waals surface area contributed by atoms with Crippen LogP contribution in [0.2, 0.25) is 0 Å². The molecule has 1 aromatic rings. The largest absolute Gasteiger partial charge is 0.573 e. The summed E-state index contributed by atoms with van der Waals surface area (Å²) in [5.41, 5.74) is -2.62. The summed E-state index contributed by atoms with van der Waals surface area (Å²) in [4.78, 5) is 13.8. The second-order valence-electron chi connectivity index (χ2n) is 3.05. The Labute approximate surface area is 101 Å². The zero-order chi connectivity index (χ0) is 14.8. The van der Waals surface area contributed by atoms with Crippen molar-refractivity contribution in [2.45, 2.75) is 12.8 Å². The first kappa shape index (κ1) is 15.1. The van der Waals surface area contributed by atoms with Gasteiger partial charge in [0.25, 0.3) is 6.43 Å². The molecule has 19 heavy (non-hydrogen) atoms. The van der Waals surface area contributed by atoms with Crippen LogP contribution in [0.15, 0.2) is 6.07 Å². The van der Waals surface area contributed by atoms with Crippen LogP contribution in [-0.4, -0.2) is 24.4 Å². The third-order valence-electron chi connectivity index (χ3n) is 1.81. The third kappa shape index (κ3) is 3.73. The number of halogens is 6. The Morgan fingerprint density at radius 3 is 2.37 bits per heavy atom. The number of methoxy groups -OCH3 is 1. The zero-order valence-electron chi connectivity index (χ0n) is 9.09. The standard InChI is InChI=1S/C9H5F6NO3/c1-18-8(17)3-2-4(19-9(13,14)15)5(6(10)11)7(12)16-3/h2,6H,1H3. The lowest BCUT2D eigenvalue weighted by Gasteiger charge is -2.13. The van der Waals surface area contributed by atoms with Gasteiger partial charge in [-0.15, -0.1) is 13.2 Å². The van der Waals surface area contributed by atoms with E-state index in [0.29, 0.717) is 0 Å². The Morgan fingerprint density at radius 2 is 1.95 bits per heavy atom. The molecule has 0 atom stereocenters. The van der Waals surface area contributed by atoms with Crippen molar-refractivity contribution in [2.24, 2.45) is 0 Å². The highest BCUT2D eigenvalue weighted by Gasteiger charge is 2.35. The maximum atomic E-state index is 13.2. The molecule has 0 aliphatic heterocycles. The van der Waals surface area contributed by atoms with Crippen molar-refractivity contribution >= 4 is 5.97 Å². The number of ether oxygens (including phenoxy) is 2. The summed E-state index contributed by atoms with van der Waals surface area (Å²) in [5, 5.41) is 0. The molecule has 0 radical (unpaired) electrons. The molecule has 1 aromatic heterocycles. The van der Waals surface area contributed by atoms with Crippen LogP contribution < -0.4 is 4.74 Å². The van der Waals surface area contributed by atoms with E-state index in [4.69, 9.17) is 0 Å². The van der Waals surface area contributed by atoms with Crippen LogP contribution in [0.4, 0.5) is 26.3 Å². The fourth-order valence-corrected chi connectivity index (χ4v) is 1.12. The average molecular weight is 289 g/mol. The van der Waals surface area contributed by atoms with Crippen LogP contribution in [0.25, 0.3) is 0 Å². The number of carbonyl (C=O) groups excluding carboxylic acids is 1. The topological polar surface area (TPSA) is 48.4 Å². The van der Waals surface area contributed by atoms with Crippen molar-refractivity contribution in [3.05, 3.63) is 23.3 Å². The molecule has 0 amide bonds. The van der Waals surface area contributed by atoms with E-state index in [1.807, 2.05) is 0 Å². The number of rotatable bonds is 3. The number of nitrogens with zero attached hydrogens (tertiary/aromatic N) is 1. The second kappa shape index (κ2) is 5.33. The van der Waals surface area contributed by atoms with Gasteiger partial charge in [-0.05, 0) is 0 Å². The van der Waals surface area contributed by atoms with Gasteiger partial charge in [0.05, 0.1) is 7.11 Å². The van der Waals surface area contributed by atoms with Crippen molar-refractivity contribution < 1.29 is 40.6 Å². The summed E-state index contributed by atoms with van der Waals surface area (Å²) in [6.07, 6.45) is -8.93. The van der Waals surface area contributed by atoms with E-state index in [1.54, 1.807) is 0 Å². The fraction of sp³-hybridized carbons (Fsp3) is 0.333. The monoisotopic (exact) mass is 289 g/mol. The predicted molar refractivity (Wildman–Crippen MR) is 47.2 cm³/mol. The number of hydrogen-bond donors (Lipinski definition) is 0. The Balaban J connectivity index is 3.37. The average Bonchev–Trinajstić information content (AvgIpc) is 2.24. The molecule has 0 aromatic carbocycles. The minimum absolute atomic E-state index is 0.226. The lowest BCUT2D eigenvalue weighted by Crippen LogP contribution is -2.20. The van der Waals surface area contributed by atoms with Crippen LogP contribution >= 0.6 is 0 Å². The van der Waals surface area contributed by atoms with Gasteiger partial charge in [0, 0.05) is 6.07 Å².